The first-order valence-corrected chi connectivity index (χ1v) is 2.97. The molecular formula is C2H2O2S3. The third-order valence-electron chi connectivity index (χ3n) is 0.175. The van der Waals surface area contributed by atoms with E-state index in [2.05, 4.69) is 25.3 Å². The molecule has 7 heavy (non-hydrogen) atoms. The van der Waals surface area contributed by atoms with E-state index in [1.807, 2.05) is 0 Å². The quantitative estimate of drug-likeness (QED) is 0.522. The van der Waals surface area contributed by atoms with E-state index in [9.17, 15) is 9.59 Å². The predicted molar refractivity (Wildman–Crippen MR) is 36.4 cm³/mol. The fourth-order valence-corrected chi connectivity index (χ4v) is 0.938. The molecule has 0 radical (unpaired) electrons. The molecule has 0 bridgehead atoms. The van der Waals surface area contributed by atoms with Gasteiger partial charge in [0.25, 0.3) is 8.89 Å². The minimum atomic E-state index is -0.528. The van der Waals surface area contributed by atoms with Crippen molar-refractivity contribution in [3.8, 4) is 0 Å². The highest BCUT2D eigenvalue weighted by Gasteiger charge is 1.98. The third kappa shape index (κ3) is 6.39. The van der Waals surface area contributed by atoms with Gasteiger partial charge in [0.05, 0.1) is 0 Å². The number of thiol groups is 2. The molecule has 0 atom stereocenters. The van der Waals surface area contributed by atoms with Crippen LogP contribution in [-0.2, 0) is 0 Å². The van der Waals surface area contributed by atoms with Gasteiger partial charge in [-0.2, -0.15) is 0 Å². The van der Waals surface area contributed by atoms with Crippen molar-refractivity contribution in [2.75, 3.05) is 0 Å². The number of hydrogen-bond acceptors (Lipinski definition) is 3. The molecule has 0 aliphatic rings. The molecule has 5 heteroatoms. The normalized spacial score (nSPS) is 8.29. The van der Waals surface area contributed by atoms with Gasteiger partial charge in [0.15, 0.2) is 0 Å². The number of carbonyl (C=O) groups is 2. The Morgan fingerprint density at radius 1 is 1.14 bits per heavy atom. The van der Waals surface area contributed by atoms with Crippen LogP contribution in [0.5, 0.6) is 0 Å². The molecule has 0 heterocycles. The van der Waals surface area contributed by atoms with Gasteiger partial charge in [-0.1, -0.05) is 25.3 Å². The van der Waals surface area contributed by atoms with Gasteiger partial charge in [-0.25, -0.2) is 0 Å². The zero-order valence-corrected chi connectivity index (χ0v) is 5.72. The van der Waals surface area contributed by atoms with Crippen LogP contribution in [0.1, 0.15) is 0 Å². The van der Waals surface area contributed by atoms with Gasteiger partial charge < -0.3 is 0 Å². The van der Waals surface area contributed by atoms with Crippen LogP contribution < -0.4 is 0 Å². The van der Waals surface area contributed by atoms with E-state index >= 15 is 0 Å². The Morgan fingerprint density at radius 3 is 1.43 bits per heavy atom. The van der Waals surface area contributed by atoms with Gasteiger partial charge in [-0.15, -0.1) is 0 Å². The van der Waals surface area contributed by atoms with Crippen LogP contribution in [0.15, 0.2) is 0 Å². The van der Waals surface area contributed by atoms with Crippen LogP contribution in [0.4, 0.5) is 9.59 Å². The smallest absolute Gasteiger partial charge is 0.251 e. The van der Waals surface area contributed by atoms with Crippen molar-refractivity contribution in [2.45, 2.75) is 0 Å². The number of carbonyl (C=O) groups excluding carboxylic acids is 2. The minimum absolute atomic E-state index is 0.460. The predicted octanol–water partition coefficient (Wildman–Crippen LogP) is 1.82. The van der Waals surface area contributed by atoms with E-state index in [0.717, 1.165) is 0 Å². The molecule has 0 N–H and O–H groups in total. The summed E-state index contributed by atoms with van der Waals surface area (Å²) in [6.07, 6.45) is 0. The SMILES string of the molecule is O=C(S)SC(=O)S. The van der Waals surface area contributed by atoms with Crippen LogP contribution in [0.3, 0.4) is 0 Å². The van der Waals surface area contributed by atoms with E-state index in [1.54, 1.807) is 0 Å². The molecule has 40 valence electrons. The minimum Gasteiger partial charge on any atom is -0.274 e. The van der Waals surface area contributed by atoms with Gasteiger partial charge in [-0.3, -0.25) is 9.59 Å². The van der Waals surface area contributed by atoms with E-state index < -0.39 is 8.89 Å². The van der Waals surface area contributed by atoms with Gasteiger partial charge in [-0.05, 0) is 0 Å². The lowest BCUT2D eigenvalue weighted by Gasteiger charge is -1.78. The topological polar surface area (TPSA) is 34.1 Å². The fraction of sp³-hybridized carbons (Fsp3) is 0. The molecule has 0 aromatic rings. The lowest BCUT2D eigenvalue weighted by Crippen LogP contribution is -1.75. The Kier molecular flexibility index (Phi) is 3.59. The average molecular weight is 154 g/mol. The van der Waals surface area contributed by atoms with Crippen LogP contribution in [-0.4, -0.2) is 8.89 Å². The summed E-state index contributed by atoms with van der Waals surface area (Å²) in [5.41, 5.74) is 0. The molecule has 0 spiro atoms. The zero-order chi connectivity index (χ0) is 5.86. The Balaban J connectivity index is 3.32. The summed E-state index contributed by atoms with van der Waals surface area (Å²) in [5.74, 6) is 0. The second-order valence-corrected chi connectivity index (χ2v) is 3.00. The lowest BCUT2D eigenvalue weighted by atomic mass is 11.7. The fourth-order valence-electron chi connectivity index (χ4n) is 0.0747. The summed E-state index contributed by atoms with van der Waals surface area (Å²) in [4.78, 5) is 19.6. The number of thioether (sulfide) groups is 1. The van der Waals surface area contributed by atoms with Crippen molar-refractivity contribution in [1.29, 1.82) is 0 Å². The summed E-state index contributed by atoms with van der Waals surface area (Å²) in [6.45, 7) is 0. The van der Waals surface area contributed by atoms with Crippen molar-refractivity contribution in [1.82, 2.24) is 0 Å². The first-order chi connectivity index (χ1) is 3.13. The molecule has 0 saturated heterocycles. The summed E-state index contributed by atoms with van der Waals surface area (Å²) in [7, 11) is 0. The molecular weight excluding hydrogens is 152 g/mol. The van der Waals surface area contributed by atoms with Crippen LogP contribution in [0, 0.1) is 0 Å². The van der Waals surface area contributed by atoms with E-state index in [4.69, 9.17) is 0 Å². The molecule has 0 saturated carbocycles. The maximum Gasteiger partial charge on any atom is 0.251 e. The average Bonchev–Trinajstić information content (AvgIpc) is 1.27. The molecule has 0 fully saturated rings. The molecule has 2 nitrogen and oxygen atoms in total. The monoisotopic (exact) mass is 154 g/mol. The van der Waals surface area contributed by atoms with Crippen molar-refractivity contribution in [3.63, 3.8) is 0 Å². The van der Waals surface area contributed by atoms with Crippen molar-refractivity contribution < 1.29 is 9.59 Å². The van der Waals surface area contributed by atoms with Crippen molar-refractivity contribution in [2.24, 2.45) is 0 Å². The Labute approximate surface area is 55.9 Å². The van der Waals surface area contributed by atoms with Gasteiger partial charge >= 0.3 is 0 Å². The number of rotatable bonds is 0. The highest BCUT2D eigenvalue weighted by atomic mass is 32.2. The summed E-state index contributed by atoms with van der Waals surface area (Å²) < 4.78 is -1.06. The van der Waals surface area contributed by atoms with Crippen molar-refractivity contribution >= 4 is 45.9 Å². The van der Waals surface area contributed by atoms with E-state index in [-0.39, 0.29) is 0 Å². The van der Waals surface area contributed by atoms with Gasteiger partial charge in [0, 0.05) is 11.8 Å². The van der Waals surface area contributed by atoms with Crippen LogP contribution >= 0.6 is 37.0 Å². The molecule has 0 unspecified atom stereocenters. The van der Waals surface area contributed by atoms with Gasteiger partial charge in [0.2, 0.25) is 0 Å². The Bertz CT molecular complexity index is 87.1. The second kappa shape index (κ2) is 3.40. The largest absolute Gasteiger partial charge is 0.274 e. The summed E-state index contributed by atoms with van der Waals surface area (Å²) in [6, 6.07) is 0. The maximum absolute atomic E-state index is 9.81. The van der Waals surface area contributed by atoms with Gasteiger partial charge in [0.1, 0.15) is 0 Å². The lowest BCUT2D eigenvalue weighted by molar-refractivity contribution is 0.274. The second-order valence-electron chi connectivity index (χ2n) is 0.634. The van der Waals surface area contributed by atoms with Crippen LogP contribution in [0.25, 0.3) is 0 Å². The highest BCUT2D eigenvalue weighted by molar-refractivity contribution is 8.47. The summed E-state index contributed by atoms with van der Waals surface area (Å²) in [5, 5.41) is 0. The maximum atomic E-state index is 9.81. The molecule has 0 rings (SSSR count). The van der Waals surface area contributed by atoms with Crippen molar-refractivity contribution in [3.05, 3.63) is 0 Å². The first-order valence-electron chi connectivity index (χ1n) is 1.26. The molecule has 0 amide bonds. The zero-order valence-electron chi connectivity index (χ0n) is 3.12. The van der Waals surface area contributed by atoms with E-state index in [0.29, 0.717) is 11.8 Å². The Hall–Kier alpha value is 0.390. The highest BCUT2D eigenvalue weighted by Crippen LogP contribution is 2.10. The molecule has 0 aromatic carbocycles. The molecule has 0 aromatic heterocycles. The Morgan fingerprint density at radius 2 is 1.43 bits per heavy atom. The first kappa shape index (κ1) is 7.39. The molecule has 0 aliphatic heterocycles. The van der Waals surface area contributed by atoms with Crippen LogP contribution in [0.2, 0.25) is 0 Å². The number of hydrogen-bond donors (Lipinski definition) is 2. The standard InChI is InChI=1S/C2H2O2S3/c3-1(5)7-2(4)6/h(H,3,5)(H,4,6). The third-order valence-corrected chi connectivity index (χ3v) is 1.07. The van der Waals surface area contributed by atoms with E-state index in [1.165, 1.54) is 0 Å². The summed E-state index contributed by atoms with van der Waals surface area (Å²) >= 11 is 7.04. The molecule has 0 aliphatic carbocycles.